The lowest BCUT2D eigenvalue weighted by Crippen LogP contribution is -2.05. The molecule has 2 aromatic carbocycles. The van der Waals surface area contributed by atoms with E-state index in [9.17, 15) is 0 Å². The lowest BCUT2D eigenvalue weighted by atomic mass is 10.1. The van der Waals surface area contributed by atoms with Gasteiger partial charge in [0.15, 0.2) is 0 Å². The topological polar surface area (TPSA) is 55.4 Å². The molecule has 32 heavy (non-hydrogen) atoms. The van der Waals surface area contributed by atoms with E-state index in [1.165, 1.54) is 5.56 Å². The van der Waals surface area contributed by atoms with Crippen molar-refractivity contribution >= 4 is 30.8 Å². The fourth-order valence-corrected chi connectivity index (χ4v) is 2.28. The standard InChI is InChI=1S/C15H20N2S.C8H10.2C2H6.CH2O/c1-4-11(2)10-17-12(3)15(18)14(16)13-8-6-5-7-9-13;1-2-8-6-4-3-5-7-8;3*1-2/h5-9,18H,2,4,10,16H2,1,3H3;3-7H,2H2,1H3;2*1-2H3;1H2/b15-14-,17-12?;;;;. The second-order valence-corrected chi connectivity index (χ2v) is 6.42. The van der Waals surface area contributed by atoms with Crippen molar-refractivity contribution in [3.8, 4) is 0 Å². The number of nitrogens with two attached hydrogens (primary N) is 1. The second-order valence-electron chi connectivity index (χ2n) is 5.97. The van der Waals surface area contributed by atoms with Crippen molar-refractivity contribution in [1.82, 2.24) is 0 Å². The summed E-state index contributed by atoms with van der Waals surface area (Å²) in [4.78, 5) is 13.2. The van der Waals surface area contributed by atoms with Crippen LogP contribution in [0, 0.1) is 0 Å². The van der Waals surface area contributed by atoms with Crippen LogP contribution in [0.3, 0.4) is 0 Å². The van der Waals surface area contributed by atoms with Crippen molar-refractivity contribution in [3.63, 3.8) is 0 Å². The van der Waals surface area contributed by atoms with Gasteiger partial charge in [0.05, 0.1) is 12.2 Å². The molecule has 0 aliphatic heterocycles. The summed E-state index contributed by atoms with van der Waals surface area (Å²) in [7, 11) is 0. The average molecular weight is 457 g/mol. The highest BCUT2D eigenvalue weighted by atomic mass is 32.1. The lowest BCUT2D eigenvalue weighted by Gasteiger charge is -2.07. The number of carbonyl (C=O) groups is 1. The first-order valence-electron chi connectivity index (χ1n) is 11.2. The summed E-state index contributed by atoms with van der Waals surface area (Å²) in [6.45, 7) is 20.7. The van der Waals surface area contributed by atoms with E-state index in [1.807, 2.05) is 77.8 Å². The van der Waals surface area contributed by atoms with Crippen LogP contribution >= 0.6 is 12.6 Å². The van der Waals surface area contributed by atoms with Gasteiger partial charge in [-0.15, -0.1) is 12.6 Å². The van der Waals surface area contributed by atoms with Gasteiger partial charge in [0.2, 0.25) is 0 Å². The highest BCUT2D eigenvalue weighted by Crippen LogP contribution is 2.17. The summed E-state index contributed by atoms with van der Waals surface area (Å²) in [6, 6.07) is 20.2. The highest BCUT2D eigenvalue weighted by molar-refractivity contribution is 7.86. The third kappa shape index (κ3) is 16.1. The normalized spacial score (nSPS) is 10.2. The maximum Gasteiger partial charge on any atom is 0.106 e. The monoisotopic (exact) mass is 456 g/mol. The van der Waals surface area contributed by atoms with Crippen LogP contribution in [0.15, 0.2) is 82.7 Å². The largest absolute Gasteiger partial charge is 0.397 e. The molecule has 0 fully saturated rings. The minimum absolute atomic E-state index is 0.633. The molecule has 4 heteroatoms. The number of thiol groups is 1. The zero-order chi connectivity index (χ0) is 25.4. The smallest absolute Gasteiger partial charge is 0.106 e. The molecule has 2 aromatic rings. The molecule has 0 aromatic heterocycles. The maximum absolute atomic E-state index is 8.00. The van der Waals surface area contributed by atoms with E-state index < -0.39 is 0 Å². The van der Waals surface area contributed by atoms with Gasteiger partial charge in [-0.05, 0) is 30.9 Å². The van der Waals surface area contributed by atoms with E-state index in [2.05, 4.69) is 62.3 Å². The number of nitrogens with zero attached hydrogens (tertiary/aromatic N) is 1. The van der Waals surface area contributed by atoms with Gasteiger partial charge in [0.1, 0.15) is 6.79 Å². The van der Waals surface area contributed by atoms with Gasteiger partial charge >= 0.3 is 0 Å². The van der Waals surface area contributed by atoms with Crippen LogP contribution < -0.4 is 5.73 Å². The summed E-state index contributed by atoms with van der Waals surface area (Å²) >= 11 is 4.46. The van der Waals surface area contributed by atoms with Gasteiger partial charge in [0.25, 0.3) is 0 Å². The van der Waals surface area contributed by atoms with Crippen molar-refractivity contribution in [2.24, 2.45) is 10.7 Å². The zero-order valence-corrected chi connectivity index (χ0v) is 22.1. The number of rotatable bonds is 6. The fraction of sp³-hybridized carbons (Fsp3) is 0.357. The summed E-state index contributed by atoms with van der Waals surface area (Å²) in [5.41, 5.74) is 11.1. The minimum Gasteiger partial charge on any atom is -0.397 e. The third-order valence-electron chi connectivity index (χ3n) is 3.97. The van der Waals surface area contributed by atoms with E-state index in [0.29, 0.717) is 12.2 Å². The van der Waals surface area contributed by atoms with Crippen molar-refractivity contribution in [1.29, 1.82) is 0 Å². The predicted octanol–water partition coefficient (Wildman–Crippen LogP) is 7.79. The molecular formula is C28H44N2OS. The average Bonchev–Trinajstić information content (AvgIpc) is 2.90. The number of aliphatic imine (C=N–C) groups is 1. The van der Waals surface area contributed by atoms with Gasteiger partial charge in [-0.1, -0.05) is 114 Å². The molecule has 0 amide bonds. The number of benzene rings is 2. The SMILES string of the molecule is C=C(CC)CN=C(C)/C(S)=C(/N)c1ccccc1.C=O.CC.CC.CCc1ccccc1. The van der Waals surface area contributed by atoms with Gasteiger partial charge in [-0.3, -0.25) is 4.99 Å². The van der Waals surface area contributed by atoms with Crippen LogP contribution in [-0.4, -0.2) is 19.0 Å². The first-order chi connectivity index (χ1) is 15.5. The van der Waals surface area contributed by atoms with Crippen molar-refractivity contribution in [2.75, 3.05) is 6.54 Å². The molecule has 0 aliphatic rings. The Hall–Kier alpha value is -2.59. The van der Waals surface area contributed by atoms with E-state index >= 15 is 0 Å². The minimum atomic E-state index is 0.633. The summed E-state index contributed by atoms with van der Waals surface area (Å²) in [6.07, 6.45) is 2.08. The Balaban J connectivity index is -0.000000499. The molecular weight excluding hydrogens is 412 g/mol. The molecule has 3 nitrogen and oxygen atoms in total. The number of allylic oxidation sites excluding steroid dienone is 1. The van der Waals surface area contributed by atoms with Gasteiger partial charge < -0.3 is 10.5 Å². The Morgan fingerprint density at radius 1 is 0.906 bits per heavy atom. The lowest BCUT2D eigenvalue weighted by molar-refractivity contribution is -0.0979. The first-order valence-corrected chi connectivity index (χ1v) is 11.7. The van der Waals surface area contributed by atoms with Crippen LogP contribution in [0.1, 0.15) is 66.0 Å². The molecule has 0 aliphatic carbocycles. The molecule has 0 spiro atoms. The molecule has 0 heterocycles. The van der Waals surface area contributed by atoms with E-state index in [0.717, 1.165) is 34.6 Å². The number of hydrogen-bond donors (Lipinski definition) is 2. The van der Waals surface area contributed by atoms with Crippen LogP contribution in [-0.2, 0) is 11.2 Å². The highest BCUT2D eigenvalue weighted by Gasteiger charge is 2.05. The number of hydrogen-bond acceptors (Lipinski definition) is 4. The quantitative estimate of drug-likeness (QED) is 0.265. The van der Waals surface area contributed by atoms with Crippen molar-refractivity contribution in [2.45, 2.75) is 61.3 Å². The molecule has 0 unspecified atom stereocenters. The molecule has 0 bridgehead atoms. The van der Waals surface area contributed by atoms with Crippen molar-refractivity contribution in [3.05, 3.63) is 88.8 Å². The second kappa shape index (κ2) is 24.7. The van der Waals surface area contributed by atoms with E-state index in [1.54, 1.807) is 0 Å². The Kier molecular flexibility index (Phi) is 26.2. The summed E-state index contributed by atoms with van der Waals surface area (Å²) in [5, 5.41) is 0. The Labute approximate surface area is 203 Å². The zero-order valence-electron chi connectivity index (χ0n) is 21.2. The summed E-state index contributed by atoms with van der Waals surface area (Å²) < 4.78 is 0. The van der Waals surface area contributed by atoms with E-state index in [4.69, 9.17) is 10.5 Å². The van der Waals surface area contributed by atoms with Crippen LogP contribution in [0.2, 0.25) is 0 Å². The van der Waals surface area contributed by atoms with Crippen LogP contribution in [0.4, 0.5) is 0 Å². The van der Waals surface area contributed by atoms with E-state index in [-0.39, 0.29) is 0 Å². The molecule has 0 saturated carbocycles. The Morgan fingerprint density at radius 2 is 1.34 bits per heavy atom. The predicted molar refractivity (Wildman–Crippen MR) is 150 cm³/mol. The molecule has 2 rings (SSSR count). The van der Waals surface area contributed by atoms with Gasteiger partial charge in [-0.2, -0.15) is 0 Å². The first kappa shape index (κ1) is 34.0. The molecule has 0 radical (unpaired) electrons. The number of carbonyl (C=O) groups excluding carboxylic acids is 1. The van der Waals surface area contributed by atoms with Gasteiger partial charge in [0, 0.05) is 10.6 Å². The van der Waals surface area contributed by atoms with Gasteiger partial charge in [-0.25, -0.2) is 0 Å². The molecule has 0 saturated heterocycles. The Bertz CT molecular complexity index is 754. The number of aryl methyl sites for hydroxylation is 1. The third-order valence-corrected chi connectivity index (χ3v) is 4.54. The molecule has 0 atom stereocenters. The maximum atomic E-state index is 8.00. The summed E-state index contributed by atoms with van der Waals surface area (Å²) in [5.74, 6) is 0. The van der Waals surface area contributed by atoms with Crippen LogP contribution in [0.25, 0.3) is 5.70 Å². The Morgan fingerprint density at radius 3 is 1.72 bits per heavy atom. The van der Waals surface area contributed by atoms with Crippen LogP contribution in [0.5, 0.6) is 0 Å². The molecule has 2 N–H and O–H groups in total. The van der Waals surface area contributed by atoms with Crippen molar-refractivity contribution < 1.29 is 4.79 Å². The fourth-order valence-electron chi connectivity index (χ4n) is 2.08. The molecule has 178 valence electrons.